The van der Waals surface area contributed by atoms with E-state index >= 15 is 0 Å². The fourth-order valence-corrected chi connectivity index (χ4v) is 3.58. The Bertz CT molecular complexity index is 843. The summed E-state index contributed by atoms with van der Waals surface area (Å²) < 4.78 is 58.7. The molecule has 2 aromatic heterocycles. The maximum absolute atomic E-state index is 14.3. The quantitative estimate of drug-likeness (QED) is 0.475. The largest absolute Gasteiger partial charge is 0.464 e. The molecule has 1 fully saturated rings. The minimum atomic E-state index is -4.63. The van der Waals surface area contributed by atoms with Gasteiger partial charge in [0.25, 0.3) is 0 Å². The smallest absolute Gasteiger partial charge is 0.447 e. The number of aromatic nitrogens is 3. The summed E-state index contributed by atoms with van der Waals surface area (Å²) in [6, 6.07) is -0.558. The number of esters is 1. The van der Waals surface area contributed by atoms with E-state index in [1.807, 2.05) is 4.90 Å². The van der Waals surface area contributed by atoms with Gasteiger partial charge in [-0.15, -0.1) is 0 Å². The second kappa shape index (κ2) is 7.50. The van der Waals surface area contributed by atoms with Crippen LogP contribution in [0.4, 0.5) is 23.4 Å². The number of hydrogen-bond donors (Lipinski definition) is 1. The fraction of sp³-hybridized carbons (Fsp3) is 0.533. The van der Waals surface area contributed by atoms with E-state index in [-0.39, 0.29) is 18.0 Å². The number of anilines is 1. The van der Waals surface area contributed by atoms with E-state index < -0.39 is 46.2 Å². The summed E-state index contributed by atoms with van der Waals surface area (Å²) in [7, 11) is 2.86. The number of nitrogens with one attached hydrogen (secondary N) is 1. The first-order valence-corrected chi connectivity index (χ1v) is 8.81. The van der Waals surface area contributed by atoms with Gasteiger partial charge in [0.05, 0.1) is 13.2 Å². The topological polar surface area (TPSA) is 71.8 Å². The third kappa shape index (κ3) is 4.26. The van der Waals surface area contributed by atoms with E-state index in [0.29, 0.717) is 13.0 Å². The van der Waals surface area contributed by atoms with Crippen LogP contribution in [0.25, 0.3) is 5.65 Å². The number of fused-ring (bicyclic) bond motifs is 1. The molecular weight excluding hydrogens is 390 g/mol. The standard InChI is InChI=1S/C15H17F4N5O2S/c1-23-5-3-9(8(16)7-23)21-11-12-22-10(14(25)26-2)13(27-15(17,18)19)24(12)6-4-20-11/h4,6,8-9H,3,5,7H2,1-2H3,(H,20,21)/t8-,9+/m0/s1. The number of carbonyl (C=O) groups is 1. The molecule has 3 rings (SSSR count). The lowest BCUT2D eigenvalue weighted by Crippen LogP contribution is -2.46. The molecular formula is C15H17F4N5O2S. The number of likely N-dealkylation sites (tertiary alicyclic amines) is 1. The summed E-state index contributed by atoms with van der Waals surface area (Å²) in [6.07, 6.45) is 1.84. The zero-order valence-electron chi connectivity index (χ0n) is 14.5. The van der Waals surface area contributed by atoms with Crippen molar-refractivity contribution in [1.29, 1.82) is 0 Å². The number of piperidine rings is 1. The van der Waals surface area contributed by atoms with Gasteiger partial charge in [-0.2, -0.15) is 13.2 Å². The summed E-state index contributed by atoms with van der Waals surface area (Å²) in [5.41, 5.74) is -5.11. The molecule has 0 aliphatic carbocycles. The third-order valence-corrected chi connectivity index (χ3v) is 4.97. The molecule has 0 spiro atoms. The van der Waals surface area contributed by atoms with E-state index in [2.05, 4.69) is 20.0 Å². The van der Waals surface area contributed by atoms with Crippen molar-refractivity contribution in [3.8, 4) is 0 Å². The summed E-state index contributed by atoms with van der Waals surface area (Å²) in [5, 5.41) is 2.48. The van der Waals surface area contributed by atoms with Crippen LogP contribution in [0.3, 0.4) is 0 Å². The molecule has 1 saturated heterocycles. The number of alkyl halides is 4. The lowest BCUT2D eigenvalue weighted by Gasteiger charge is -2.32. The van der Waals surface area contributed by atoms with Crippen molar-refractivity contribution >= 4 is 29.2 Å². The molecule has 0 unspecified atom stereocenters. The molecule has 2 atom stereocenters. The average Bonchev–Trinajstić information content (AvgIpc) is 2.94. The van der Waals surface area contributed by atoms with Crippen LogP contribution in [0.1, 0.15) is 16.9 Å². The van der Waals surface area contributed by atoms with Crippen molar-refractivity contribution < 1.29 is 27.1 Å². The zero-order valence-corrected chi connectivity index (χ0v) is 15.3. The molecule has 2 aromatic rings. The van der Waals surface area contributed by atoms with Gasteiger partial charge in [0.15, 0.2) is 17.2 Å². The van der Waals surface area contributed by atoms with E-state index in [9.17, 15) is 22.4 Å². The van der Waals surface area contributed by atoms with E-state index in [0.717, 1.165) is 11.5 Å². The molecule has 12 heteroatoms. The zero-order chi connectivity index (χ0) is 19.8. The van der Waals surface area contributed by atoms with Gasteiger partial charge in [-0.05, 0) is 13.5 Å². The molecule has 27 heavy (non-hydrogen) atoms. The number of imidazole rings is 1. The molecule has 7 nitrogen and oxygen atoms in total. The normalized spacial score (nSPS) is 21.4. The number of nitrogens with zero attached hydrogens (tertiary/aromatic N) is 4. The van der Waals surface area contributed by atoms with Crippen LogP contribution in [0.5, 0.6) is 0 Å². The second-order valence-corrected chi connectivity index (χ2v) is 7.15. The van der Waals surface area contributed by atoms with Gasteiger partial charge in [0, 0.05) is 37.2 Å². The first kappa shape index (κ1) is 19.7. The third-order valence-electron chi connectivity index (χ3n) is 4.16. The van der Waals surface area contributed by atoms with Gasteiger partial charge in [0.2, 0.25) is 0 Å². The van der Waals surface area contributed by atoms with Crippen LogP contribution in [-0.4, -0.2) is 70.2 Å². The summed E-state index contributed by atoms with van der Waals surface area (Å²) in [5.74, 6) is -0.895. The Morgan fingerprint density at radius 2 is 2.19 bits per heavy atom. The number of halogens is 4. The Kier molecular flexibility index (Phi) is 5.47. The highest BCUT2D eigenvalue weighted by Crippen LogP contribution is 2.39. The first-order chi connectivity index (χ1) is 12.7. The molecule has 1 aliphatic rings. The van der Waals surface area contributed by atoms with E-state index in [1.165, 1.54) is 12.4 Å². The predicted octanol–water partition coefficient (Wildman–Crippen LogP) is 2.58. The SMILES string of the molecule is COC(=O)c1nc2c(N[C@@H]3CCN(C)C[C@@H]3F)nccn2c1SC(F)(F)F. The highest BCUT2D eigenvalue weighted by atomic mass is 32.2. The molecule has 148 valence electrons. The van der Waals surface area contributed by atoms with Crippen LogP contribution < -0.4 is 5.32 Å². The summed E-state index contributed by atoms with van der Waals surface area (Å²) in [6.45, 7) is 0.899. The van der Waals surface area contributed by atoms with Crippen molar-refractivity contribution in [3.05, 3.63) is 18.1 Å². The Balaban J connectivity index is 2.01. The molecule has 0 aromatic carbocycles. The Labute approximate surface area is 156 Å². The van der Waals surface area contributed by atoms with Gasteiger partial charge >= 0.3 is 11.5 Å². The average molecular weight is 407 g/mol. The number of methoxy groups -OCH3 is 1. The lowest BCUT2D eigenvalue weighted by molar-refractivity contribution is -0.0329. The molecule has 3 heterocycles. The monoisotopic (exact) mass is 407 g/mol. The number of rotatable bonds is 4. The van der Waals surface area contributed by atoms with Gasteiger partial charge in [-0.3, -0.25) is 4.40 Å². The van der Waals surface area contributed by atoms with Crippen molar-refractivity contribution in [2.75, 3.05) is 32.6 Å². The maximum Gasteiger partial charge on any atom is 0.447 e. The highest BCUT2D eigenvalue weighted by molar-refractivity contribution is 8.00. The highest BCUT2D eigenvalue weighted by Gasteiger charge is 2.36. The fourth-order valence-electron chi connectivity index (χ4n) is 2.89. The van der Waals surface area contributed by atoms with Gasteiger partial charge < -0.3 is 15.0 Å². The van der Waals surface area contributed by atoms with Crippen molar-refractivity contribution in [1.82, 2.24) is 19.3 Å². The van der Waals surface area contributed by atoms with Crippen molar-refractivity contribution in [2.45, 2.75) is 29.2 Å². The Morgan fingerprint density at radius 3 is 2.81 bits per heavy atom. The van der Waals surface area contributed by atoms with Gasteiger partial charge in [-0.1, -0.05) is 0 Å². The molecule has 0 saturated carbocycles. The van der Waals surface area contributed by atoms with Gasteiger partial charge in [0.1, 0.15) is 11.2 Å². The Hall–Kier alpha value is -2.08. The van der Waals surface area contributed by atoms with Crippen molar-refractivity contribution in [3.63, 3.8) is 0 Å². The minimum Gasteiger partial charge on any atom is -0.464 e. The van der Waals surface area contributed by atoms with E-state index in [1.54, 1.807) is 7.05 Å². The second-order valence-electron chi connectivity index (χ2n) is 6.09. The van der Waals surface area contributed by atoms with Crippen LogP contribution in [0, 0.1) is 0 Å². The predicted molar refractivity (Wildman–Crippen MR) is 90.7 cm³/mol. The molecule has 1 N–H and O–H groups in total. The number of hydrogen-bond acceptors (Lipinski definition) is 7. The maximum atomic E-state index is 14.3. The minimum absolute atomic E-state index is 0.00391. The van der Waals surface area contributed by atoms with Crippen LogP contribution in [0.15, 0.2) is 17.4 Å². The Morgan fingerprint density at radius 1 is 1.44 bits per heavy atom. The molecule has 0 bridgehead atoms. The molecule has 1 aliphatic heterocycles. The lowest BCUT2D eigenvalue weighted by atomic mass is 10.0. The number of carbonyl (C=O) groups excluding carboxylic acids is 1. The van der Waals surface area contributed by atoms with E-state index in [4.69, 9.17) is 0 Å². The van der Waals surface area contributed by atoms with Crippen LogP contribution in [-0.2, 0) is 4.74 Å². The molecule has 0 radical (unpaired) electrons. The summed E-state index contributed by atoms with van der Waals surface area (Å²) >= 11 is -0.474. The number of thioether (sulfide) groups is 1. The molecule has 0 amide bonds. The van der Waals surface area contributed by atoms with Crippen LogP contribution >= 0.6 is 11.8 Å². The number of ether oxygens (including phenoxy) is 1. The van der Waals surface area contributed by atoms with Gasteiger partial charge in [-0.25, -0.2) is 19.2 Å². The summed E-state index contributed by atoms with van der Waals surface area (Å²) in [4.78, 5) is 21.8. The van der Waals surface area contributed by atoms with Crippen molar-refractivity contribution in [2.24, 2.45) is 0 Å². The van der Waals surface area contributed by atoms with Crippen LogP contribution in [0.2, 0.25) is 0 Å². The first-order valence-electron chi connectivity index (χ1n) is 8.00.